The van der Waals surface area contributed by atoms with Crippen LogP contribution in [0.3, 0.4) is 0 Å². The van der Waals surface area contributed by atoms with Crippen molar-refractivity contribution in [2.45, 2.75) is 18.8 Å². The molecule has 0 unspecified atom stereocenters. The van der Waals surface area contributed by atoms with Gasteiger partial charge in [-0.2, -0.15) is 9.64 Å². The molecule has 6 nitrogen and oxygen atoms in total. The molecule has 1 fully saturated rings. The number of anilines is 1. The number of nitriles is 1. The summed E-state index contributed by atoms with van der Waals surface area (Å²) in [5, 5.41) is 18.5. The SMILES string of the molecule is Cn1cnnc1C1CCN(c2snc(Cl)c2C#N)CC1. The second-order valence-electron chi connectivity index (χ2n) is 4.83. The van der Waals surface area contributed by atoms with Crippen LogP contribution >= 0.6 is 23.1 Å². The molecule has 0 amide bonds. The minimum atomic E-state index is 0.308. The molecule has 3 rings (SSSR count). The van der Waals surface area contributed by atoms with E-state index in [1.54, 1.807) is 6.33 Å². The molecule has 0 N–H and O–H groups in total. The van der Waals surface area contributed by atoms with Crippen molar-refractivity contribution in [1.29, 1.82) is 5.26 Å². The third-order valence-electron chi connectivity index (χ3n) is 3.64. The van der Waals surface area contributed by atoms with Crippen LogP contribution in [0.2, 0.25) is 5.15 Å². The molecular weight excluding hydrogens is 296 g/mol. The second kappa shape index (κ2) is 5.38. The summed E-state index contributed by atoms with van der Waals surface area (Å²) in [5.41, 5.74) is 0.494. The van der Waals surface area contributed by atoms with E-state index in [0.717, 1.165) is 36.8 Å². The van der Waals surface area contributed by atoms with Gasteiger partial charge in [0.05, 0.1) is 0 Å². The number of hydrogen-bond acceptors (Lipinski definition) is 6. The van der Waals surface area contributed by atoms with Crippen molar-refractivity contribution in [3.05, 3.63) is 22.9 Å². The molecule has 3 heterocycles. The summed E-state index contributed by atoms with van der Waals surface area (Å²) < 4.78 is 6.04. The van der Waals surface area contributed by atoms with Gasteiger partial charge < -0.3 is 9.47 Å². The van der Waals surface area contributed by atoms with E-state index in [-0.39, 0.29) is 0 Å². The molecule has 1 aliphatic rings. The summed E-state index contributed by atoms with van der Waals surface area (Å²) in [4.78, 5) is 2.19. The quantitative estimate of drug-likeness (QED) is 0.850. The van der Waals surface area contributed by atoms with E-state index in [1.807, 2.05) is 11.6 Å². The zero-order chi connectivity index (χ0) is 14.1. The number of aromatic nitrogens is 4. The highest BCUT2D eigenvalue weighted by Crippen LogP contribution is 2.35. The Morgan fingerprint density at radius 1 is 1.45 bits per heavy atom. The van der Waals surface area contributed by atoms with E-state index in [0.29, 0.717) is 16.6 Å². The molecule has 0 bridgehead atoms. The number of rotatable bonds is 2. The van der Waals surface area contributed by atoms with Crippen LogP contribution in [0.4, 0.5) is 5.00 Å². The van der Waals surface area contributed by atoms with Crippen molar-refractivity contribution in [3.8, 4) is 6.07 Å². The Bertz CT molecular complexity index is 649. The molecule has 1 aliphatic heterocycles. The van der Waals surface area contributed by atoms with Crippen LogP contribution in [0.1, 0.15) is 30.1 Å². The number of nitrogens with zero attached hydrogens (tertiary/aromatic N) is 6. The van der Waals surface area contributed by atoms with Gasteiger partial charge in [-0.15, -0.1) is 10.2 Å². The summed E-state index contributed by atoms with van der Waals surface area (Å²) in [5.74, 6) is 1.46. The van der Waals surface area contributed by atoms with E-state index in [4.69, 9.17) is 16.9 Å². The van der Waals surface area contributed by atoms with Gasteiger partial charge in [-0.05, 0) is 24.4 Å². The highest BCUT2D eigenvalue weighted by molar-refractivity contribution is 7.10. The molecule has 104 valence electrons. The fraction of sp³-hybridized carbons (Fsp3) is 0.500. The first kappa shape index (κ1) is 13.3. The van der Waals surface area contributed by atoms with Gasteiger partial charge >= 0.3 is 0 Å². The zero-order valence-electron chi connectivity index (χ0n) is 11.0. The summed E-state index contributed by atoms with van der Waals surface area (Å²) >= 11 is 7.22. The third kappa shape index (κ3) is 2.25. The predicted octanol–water partition coefficient (Wildman–Crippen LogP) is 2.18. The monoisotopic (exact) mass is 308 g/mol. The normalized spacial score (nSPS) is 16.4. The Hall–Kier alpha value is -1.65. The molecule has 0 aliphatic carbocycles. The van der Waals surface area contributed by atoms with E-state index in [9.17, 15) is 0 Å². The van der Waals surface area contributed by atoms with Gasteiger partial charge in [0.25, 0.3) is 0 Å². The predicted molar refractivity (Wildman–Crippen MR) is 77.0 cm³/mol. The van der Waals surface area contributed by atoms with Gasteiger partial charge in [-0.25, -0.2) is 0 Å². The lowest BCUT2D eigenvalue weighted by atomic mass is 9.96. The van der Waals surface area contributed by atoms with Crippen molar-refractivity contribution in [2.24, 2.45) is 7.05 Å². The Labute approximate surface area is 125 Å². The van der Waals surface area contributed by atoms with Gasteiger partial charge in [-0.1, -0.05) is 11.6 Å². The molecular formula is C12H13ClN6S. The molecule has 0 aromatic carbocycles. The molecule has 8 heteroatoms. The second-order valence-corrected chi connectivity index (χ2v) is 5.94. The number of aryl methyl sites for hydroxylation is 1. The van der Waals surface area contributed by atoms with Crippen molar-refractivity contribution >= 4 is 28.1 Å². The van der Waals surface area contributed by atoms with Crippen LogP contribution < -0.4 is 4.90 Å². The lowest BCUT2D eigenvalue weighted by Gasteiger charge is -2.31. The van der Waals surface area contributed by atoms with E-state index in [1.165, 1.54) is 11.5 Å². The fourth-order valence-electron chi connectivity index (χ4n) is 2.58. The van der Waals surface area contributed by atoms with Crippen molar-refractivity contribution in [3.63, 3.8) is 0 Å². The number of hydrogen-bond donors (Lipinski definition) is 0. The molecule has 0 spiro atoms. The van der Waals surface area contributed by atoms with Crippen LogP contribution in [-0.2, 0) is 7.05 Å². The molecule has 2 aromatic heterocycles. The average molecular weight is 309 g/mol. The Morgan fingerprint density at radius 3 is 2.80 bits per heavy atom. The average Bonchev–Trinajstić information content (AvgIpc) is 3.05. The van der Waals surface area contributed by atoms with Crippen molar-refractivity contribution in [2.75, 3.05) is 18.0 Å². The van der Waals surface area contributed by atoms with E-state index in [2.05, 4.69) is 25.5 Å². The highest BCUT2D eigenvalue weighted by atomic mass is 35.5. The van der Waals surface area contributed by atoms with Gasteiger partial charge in [-0.3, -0.25) is 0 Å². The smallest absolute Gasteiger partial charge is 0.162 e. The number of piperidine rings is 1. The first-order chi connectivity index (χ1) is 9.70. The van der Waals surface area contributed by atoms with Crippen molar-refractivity contribution < 1.29 is 0 Å². The maximum atomic E-state index is 9.14. The maximum Gasteiger partial charge on any atom is 0.162 e. The zero-order valence-corrected chi connectivity index (χ0v) is 12.5. The minimum absolute atomic E-state index is 0.308. The molecule has 1 saturated heterocycles. The van der Waals surface area contributed by atoms with E-state index >= 15 is 0 Å². The Balaban J connectivity index is 1.73. The largest absolute Gasteiger partial charge is 0.361 e. The van der Waals surface area contributed by atoms with Crippen LogP contribution in [-0.4, -0.2) is 32.2 Å². The van der Waals surface area contributed by atoms with Gasteiger partial charge in [0.1, 0.15) is 28.8 Å². The summed E-state index contributed by atoms with van der Waals surface area (Å²) in [6.45, 7) is 1.76. The summed E-state index contributed by atoms with van der Waals surface area (Å²) in [7, 11) is 1.97. The van der Waals surface area contributed by atoms with Gasteiger partial charge in [0, 0.05) is 26.1 Å². The fourth-order valence-corrected chi connectivity index (χ4v) is 3.66. The van der Waals surface area contributed by atoms with E-state index < -0.39 is 0 Å². The maximum absolute atomic E-state index is 9.14. The highest BCUT2D eigenvalue weighted by Gasteiger charge is 2.27. The van der Waals surface area contributed by atoms with Crippen LogP contribution in [0, 0.1) is 11.3 Å². The third-order valence-corrected chi connectivity index (χ3v) is 4.92. The molecule has 2 aromatic rings. The van der Waals surface area contributed by atoms with Gasteiger partial charge in [0.2, 0.25) is 0 Å². The van der Waals surface area contributed by atoms with Crippen LogP contribution in [0.5, 0.6) is 0 Å². The lowest BCUT2D eigenvalue weighted by molar-refractivity contribution is 0.475. The first-order valence-corrected chi connectivity index (χ1v) is 7.50. The first-order valence-electron chi connectivity index (χ1n) is 6.34. The molecule has 0 atom stereocenters. The van der Waals surface area contributed by atoms with Crippen LogP contribution in [0.15, 0.2) is 6.33 Å². The molecule has 20 heavy (non-hydrogen) atoms. The minimum Gasteiger partial charge on any atom is -0.361 e. The molecule has 0 radical (unpaired) electrons. The van der Waals surface area contributed by atoms with Gasteiger partial charge in [0.15, 0.2) is 5.15 Å². The lowest BCUT2D eigenvalue weighted by Crippen LogP contribution is -2.33. The number of halogens is 1. The topological polar surface area (TPSA) is 70.6 Å². The summed E-state index contributed by atoms with van der Waals surface area (Å²) in [6, 6.07) is 2.14. The molecule has 0 saturated carbocycles. The van der Waals surface area contributed by atoms with Crippen LogP contribution in [0.25, 0.3) is 0 Å². The standard InChI is InChI=1S/C12H13ClN6S/c1-18-7-15-16-11(18)8-2-4-19(5-3-8)12-9(6-14)10(13)17-20-12/h7-8H,2-5H2,1H3. The summed E-state index contributed by atoms with van der Waals surface area (Å²) in [6.07, 6.45) is 3.72. The Kier molecular flexibility index (Phi) is 3.59. The van der Waals surface area contributed by atoms with Crippen molar-refractivity contribution in [1.82, 2.24) is 19.1 Å². The Morgan fingerprint density at radius 2 is 2.20 bits per heavy atom.